The van der Waals surface area contributed by atoms with E-state index in [0.29, 0.717) is 5.69 Å². The SMILES string of the molecule is Nc1ccc(-c2nc3ccccc3s2)cc1S. The summed E-state index contributed by atoms with van der Waals surface area (Å²) in [6, 6.07) is 13.9. The van der Waals surface area contributed by atoms with Crippen molar-refractivity contribution in [2.75, 3.05) is 5.73 Å². The number of nitrogens with two attached hydrogens (primary N) is 1. The highest BCUT2D eigenvalue weighted by Crippen LogP contribution is 2.32. The molecule has 2 N–H and O–H groups in total. The van der Waals surface area contributed by atoms with Gasteiger partial charge in [0.05, 0.1) is 10.2 Å². The second-order valence-corrected chi connectivity index (χ2v) is 5.27. The number of benzene rings is 2. The summed E-state index contributed by atoms with van der Waals surface area (Å²) >= 11 is 6.01. The van der Waals surface area contributed by atoms with Gasteiger partial charge in [-0.25, -0.2) is 4.98 Å². The molecule has 0 unspecified atom stereocenters. The molecule has 0 saturated carbocycles. The van der Waals surface area contributed by atoms with E-state index in [0.717, 1.165) is 21.0 Å². The van der Waals surface area contributed by atoms with Crippen molar-refractivity contribution in [3.05, 3.63) is 42.5 Å². The predicted octanol–water partition coefficient (Wildman–Crippen LogP) is 3.83. The van der Waals surface area contributed by atoms with Crippen LogP contribution in [-0.2, 0) is 0 Å². The number of rotatable bonds is 1. The normalized spacial score (nSPS) is 10.9. The van der Waals surface area contributed by atoms with Gasteiger partial charge >= 0.3 is 0 Å². The number of hydrogen-bond donors (Lipinski definition) is 2. The summed E-state index contributed by atoms with van der Waals surface area (Å²) in [5, 5.41) is 1.00. The Morgan fingerprint density at radius 3 is 2.71 bits per heavy atom. The van der Waals surface area contributed by atoms with E-state index in [1.165, 1.54) is 4.70 Å². The highest BCUT2D eigenvalue weighted by Gasteiger charge is 2.06. The molecule has 2 nitrogen and oxygen atoms in total. The lowest BCUT2D eigenvalue weighted by atomic mass is 10.2. The van der Waals surface area contributed by atoms with Gasteiger partial charge in [0.2, 0.25) is 0 Å². The second-order valence-electron chi connectivity index (χ2n) is 3.76. The van der Waals surface area contributed by atoms with Crippen molar-refractivity contribution >= 4 is 39.9 Å². The molecule has 1 aromatic heterocycles. The number of anilines is 1. The third kappa shape index (κ3) is 1.90. The summed E-state index contributed by atoms with van der Waals surface area (Å²) in [4.78, 5) is 5.39. The molecule has 17 heavy (non-hydrogen) atoms. The summed E-state index contributed by atoms with van der Waals surface area (Å²) in [6.45, 7) is 0. The molecule has 0 amide bonds. The number of para-hydroxylation sites is 1. The molecule has 0 aliphatic carbocycles. The van der Waals surface area contributed by atoms with Gasteiger partial charge < -0.3 is 5.73 Å². The van der Waals surface area contributed by atoms with Gasteiger partial charge in [0.1, 0.15) is 5.01 Å². The molecule has 3 aromatic rings. The van der Waals surface area contributed by atoms with Crippen LogP contribution >= 0.6 is 24.0 Å². The number of hydrogen-bond acceptors (Lipinski definition) is 4. The van der Waals surface area contributed by atoms with Crippen molar-refractivity contribution in [3.8, 4) is 10.6 Å². The van der Waals surface area contributed by atoms with Crippen LogP contribution in [0.4, 0.5) is 5.69 Å². The first-order valence-corrected chi connectivity index (χ1v) is 6.45. The Kier molecular flexibility index (Phi) is 2.53. The number of aromatic nitrogens is 1. The lowest BCUT2D eigenvalue weighted by molar-refractivity contribution is 1.43. The van der Waals surface area contributed by atoms with Gasteiger partial charge in [-0.3, -0.25) is 0 Å². The summed E-state index contributed by atoms with van der Waals surface area (Å²) in [5.41, 5.74) is 8.53. The number of fused-ring (bicyclic) bond motifs is 1. The largest absolute Gasteiger partial charge is 0.398 e. The van der Waals surface area contributed by atoms with E-state index >= 15 is 0 Å². The quantitative estimate of drug-likeness (QED) is 0.514. The Morgan fingerprint density at radius 2 is 1.94 bits per heavy atom. The molecule has 0 atom stereocenters. The Bertz CT molecular complexity index is 656. The fraction of sp³-hybridized carbons (Fsp3) is 0. The first kappa shape index (κ1) is 10.6. The van der Waals surface area contributed by atoms with Crippen molar-refractivity contribution in [2.45, 2.75) is 4.90 Å². The van der Waals surface area contributed by atoms with Crippen LogP contribution in [0.15, 0.2) is 47.4 Å². The molecule has 0 bridgehead atoms. The molecule has 0 aliphatic heterocycles. The number of thiazole rings is 1. The van der Waals surface area contributed by atoms with E-state index in [2.05, 4.69) is 23.7 Å². The Morgan fingerprint density at radius 1 is 1.12 bits per heavy atom. The molecule has 0 fully saturated rings. The average molecular weight is 258 g/mol. The minimum Gasteiger partial charge on any atom is -0.398 e. The van der Waals surface area contributed by atoms with Gasteiger partial charge in [-0.2, -0.15) is 0 Å². The van der Waals surface area contributed by atoms with E-state index in [9.17, 15) is 0 Å². The molecule has 4 heteroatoms. The van der Waals surface area contributed by atoms with Crippen molar-refractivity contribution in [1.82, 2.24) is 4.98 Å². The molecule has 0 radical (unpaired) electrons. The summed E-state index contributed by atoms with van der Waals surface area (Å²) < 4.78 is 1.19. The van der Waals surface area contributed by atoms with Gasteiger partial charge in [-0.15, -0.1) is 24.0 Å². The maximum absolute atomic E-state index is 5.75. The number of nitrogens with zero attached hydrogens (tertiary/aromatic N) is 1. The molecule has 0 aliphatic rings. The fourth-order valence-electron chi connectivity index (χ4n) is 1.67. The van der Waals surface area contributed by atoms with Crippen LogP contribution < -0.4 is 5.73 Å². The monoisotopic (exact) mass is 258 g/mol. The van der Waals surface area contributed by atoms with Crippen molar-refractivity contribution < 1.29 is 0 Å². The van der Waals surface area contributed by atoms with Crippen molar-refractivity contribution in [1.29, 1.82) is 0 Å². The standard InChI is InChI=1S/C13H10N2S2/c14-9-6-5-8(7-11(9)16)13-15-10-3-1-2-4-12(10)17-13/h1-7,16H,14H2. The van der Waals surface area contributed by atoms with E-state index in [1.807, 2.05) is 36.4 Å². The van der Waals surface area contributed by atoms with Gasteiger partial charge in [0.15, 0.2) is 0 Å². The minimum atomic E-state index is 0.693. The third-order valence-corrected chi connectivity index (χ3v) is 4.04. The highest BCUT2D eigenvalue weighted by molar-refractivity contribution is 7.80. The van der Waals surface area contributed by atoms with Crippen LogP contribution in [-0.4, -0.2) is 4.98 Å². The number of nitrogen functional groups attached to an aromatic ring is 1. The maximum atomic E-state index is 5.75. The van der Waals surface area contributed by atoms with Crippen LogP contribution in [0.2, 0.25) is 0 Å². The molecule has 0 spiro atoms. The zero-order valence-corrected chi connectivity index (χ0v) is 10.6. The Hall–Kier alpha value is -1.52. The summed E-state index contributed by atoms with van der Waals surface area (Å²) in [6.07, 6.45) is 0. The zero-order chi connectivity index (χ0) is 11.8. The first-order chi connectivity index (χ1) is 8.24. The van der Waals surface area contributed by atoms with Gasteiger partial charge in [-0.1, -0.05) is 12.1 Å². The fourth-order valence-corrected chi connectivity index (χ4v) is 2.85. The smallest absolute Gasteiger partial charge is 0.124 e. The van der Waals surface area contributed by atoms with E-state index in [-0.39, 0.29) is 0 Å². The van der Waals surface area contributed by atoms with E-state index in [4.69, 9.17) is 5.73 Å². The highest BCUT2D eigenvalue weighted by atomic mass is 32.1. The van der Waals surface area contributed by atoms with Crippen LogP contribution in [0, 0.1) is 0 Å². The third-order valence-electron chi connectivity index (χ3n) is 2.57. The summed E-state index contributed by atoms with van der Waals surface area (Å²) in [7, 11) is 0. The van der Waals surface area contributed by atoms with Gasteiger partial charge in [-0.05, 0) is 30.3 Å². The molecule has 84 valence electrons. The molecular weight excluding hydrogens is 248 g/mol. The topological polar surface area (TPSA) is 38.9 Å². The molecule has 0 saturated heterocycles. The minimum absolute atomic E-state index is 0.693. The lowest BCUT2D eigenvalue weighted by Gasteiger charge is -2.00. The molecule has 3 rings (SSSR count). The van der Waals surface area contributed by atoms with Crippen molar-refractivity contribution in [2.24, 2.45) is 0 Å². The lowest BCUT2D eigenvalue weighted by Crippen LogP contribution is -1.86. The molecule has 2 aromatic carbocycles. The van der Waals surface area contributed by atoms with Crippen LogP contribution in [0.3, 0.4) is 0 Å². The Labute approximate surface area is 109 Å². The zero-order valence-electron chi connectivity index (χ0n) is 8.92. The van der Waals surface area contributed by atoms with E-state index in [1.54, 1.807) is 11.3 Å². The first-order valence-electron chi connectivity index (χ1n) is 5.18. The van der Waals surface area contributed by atoms with Crippen molar-refractivity contribution in [3.63, 3.8) is 0 Å². The molecule has 1 heterocycles. The number of thiol groups is 1. The predicted molar refractivity (Wildman–Crippen MR) is 76.7 cm³/mol. The maximum Gasteiger partial charge on any atom is 0.124 e. The molecular formula is C13H10N2S2. The van der Waals surface area contributed by atoms with Crippen LogP contribution in [0.5, 0.6) is 0 Å². The average Bonchev–Trinajstić information content (AvgIpc) is 2.76. The Balaban J connectivity index is 2.17. The summed E-state index contributed by atoms with van der Waals surface area (Å²) in [5.74, 6) is 0. The van der Waals surface area contributed by atoms with E-state index < -0.39 is 0 Å². The second kappa shape index (κ2) is 4.05. The van der Waals surface area contributed by atoms with Gasteiger partial charge in [0, 0.05) is 16.1 Å². The van der Waals surface area contributed by atoms with Crippen LogP contribution in [0.25, 0.3) is 20.8 Å². The van der Waals surface area contributed by atoms with Gasteiger partial charge in [0.25, 0.3) is 0 Å². The van der Waals surface area contributed by atoms with Crippen LogP contribution in [0.1, 0.15) is 0 Å².